The molecule has 0 saturated heterocycles. The Hall–Kier alpha value is -3.36. The maximum atomic E-state index is 14.0. The van der Waals surface area contributed by atoms with Crippen LogP contribution in [0.3, 0.4) is 0 Å². The van der Waals surface area contributed by atoms with E-state index >= 15 is 0 Å². The Labute approximate surface area is 206 Å². The molecule has 0 saturated carbocycles. The van der Waals surface area contributed by atoms with Crippen LogP contribution < -0.4 is 10.1 Å². The predicted octanol–water partition coefficient (Wildman–Crippen LogP) is 6.07. The van der Waals surface area contributed by atoms with Crippen LogP contribution in [0.2, 0.25) is 5.02 Å². The maximum absolute atomic E-state index is 14.0. The number of hydrogen-bond donors (Lipinski definition) is 1. The van der Waals surface area contributed by atoms with E-state index in [2.05, 4.69) is 15.5 Å². The van der Waals surface area contributed by atoms with E-state index in [1.54, 1.807) is 47.9 Å². The number of thioether (sulfide) groups is 1. The summed E-state index contributed by atoms with van der Waals surface area (Å²) in [5.41, 5.74) is 2.27. The fourth-order valence-electron chi connectivity index (χ4n) is 3.20. The molecular weight excluding hydrogens is 475 g/mol. The van der Waals surface area contributed by atoms with Gasteiger partial charge in [0.2, 0.25) is 5.91 Å². The molecule has 0 aliphatic rings. The highest BCUT2D eigenvalue weighted by Gasteiger charge is 2.22. The van der Waals surface area contributed by atoms with Gasteiger partial charge < -0.3 is 10.1 Å². The van der Waals surface area contributed by atoms with E-state index in [9.17, 15) is 9.18 Å². The number of aromatic nitrogens is 3. The first-order valence-corrected chi connectivity index (χ1v) is 11.8. The first kappa shape index (κ1) is 23.8. The number of halogens is 2. The molecule has 174 valence electrons. The van der Waals surface area contributed by atoms with Crippen LogP contribution in [-0.4, -0.2) is 25.9 Å². The molecule has 0 fully saturated rings. The van der Waals surface area contributed by atoms with E-state index in [1.807, 2.05) is 37.3 Å². The van der Waals surface area contributed by atoms with Gasteiger partial charge in [-0.2, -0.15) is 0 Å². The van der Waals surface area contributed by atoms with Crippen LogP contribution in [0.1, 0.15) is 18.3 Å². The minimum absolute atomic E-state index is 0.00563. The van der Waals surface area contributed by atoms with Crippen LogP contribution >= 0.6 is 23.4 Å². The number of rotatable bonds is 8. The van der Waals surface area contributed by atoms with Gasteiger partial charge in [-0.15, -0.1) is 10.2 Å². The second kappa shape index (κ2) is 10.7. The minimum Gasteiger partial charge on any atom is -0.483 e. The van der Waals surface area contributed by atoms with Crippen molar-refractivity contribution in [3.05, 3.63) is 95.0 Å². The second-order valence-electron chi connectivity index (χ2n) is 7.45. The molecule has 1 aromatic heterocycles. The Balaban J connectivity index is 1.55. The summed E-state index contributed by atoms with van der Waals surface area (Å²) in [6.07, 6.45) is 0. The highest BCUT2D eigenvalue weighted by molar-refractivity contribution is 8.00. The molecular formula is C25H22ClFN4O2S. The van der Waals surface area contributed by atoms with Crippen LogP contribution in [0.4, 0.5) is 10.1 Å². The molecule has 1 N–H and O–H groups in total. The average molecular weight is 497 g/mol. The number of hydrogen-bond acceptors (Lipinski definition) is 5. The normalized spacial score (nSPS) is 11.8. The number of amides is 1. The summed E-state index contributed by atoms with van der Waals surface area (Å²) >= 11 is 7.43. The van der Waals surface area contributed by atoms with Gasteiger partial charge in [0.25, 0.3) is 0 Å². The van der Waals surface area contributed by atoms with E-state index in [1.165, 1.54) is 17.8 Å². The highest BCUT2D eigenvalue weighted by atomic mass is 35.5. The van der Waals surface area contributed by atoms with Crippen molar-refractivity contribution in [2.75, 3.05) is 5.32 Å². The molecule has 1 unspecified atom stereocenters. The molecule has 3 aromatic carbocycles. The maximum Gasteiger partial charge on any atom is 0.237 e. The molecule has 0 spiro atoms. The first-order valence-electron chi connectivity index (χ1n) is 10.5. The zero-order chi connectivity index (χ0) is 24.1. The van der Waals surface area contributed by atoms with Gasteiger partial charge in [0.1, 0.15) is 6.61 Å². The third-order valence-corrected chi connectivity index (χ3v) is 6.54. The van der Waals surface area contributed by atoms with Gasteiger partial charge in [-0.1, -0.05) is 59.8 Å². The molecule has 34 heavy (non-hydrogen) atoms. The van der Waals surface area contributed by atoms with Gasteiger partial charge in [-0.05, 0) is 55.8 Å². The van der Waals surface area contributed by atoms with Gasteiger partial charge in [0, 0.05) is 16.4 Å². The number of para-hydroxylation sites is 2. The van der Waals surface area contributed by atoms with Crippen LogP contribution in [0.25, 0.3) is 5.69 Å². The van der Waals surface area contributed by atoms with Gasteiger partial charge in [0.15, 0.2) is 22.5 Å². The van der Waals surface area contributed by atoms with Crippen LogP contribution in [0.15, 0.2) is 78.0 Å². The molecule has 1 heterocycles. The molecule has 9 heteroatoms. The minimum atomic E-state index is -0.481. The predicted molar refractivity (Wildman–Crippen MR) is 132 cm³/mol. The number of nitrogens with one attached hydrogen (secondary N) is 1. The topological polar surface area (TPSA) is 69.0 Å². The van der Waals surface area contributed by atoms with Crippen LogP contribution in [0.5, 0.6) is 5.75 Å². The first-order chi connectivity index (χ1) is 16.4. The molecule has 1 atom stereocenters. The number of anilines is 1. The summed E-state index contributed by atoms with van der Waals surface area (Å²) in [5.74, 6) is -0.0363. The molecule has 4 rings (SSSR count). The largest absolute Gasteiger partial charge is 0.483 e. The van der Waals surface area contributed by atoms with Crippen molar-refractivity contribution in [3.8, 4) is 11.4 Å². The molecule has 0 radical (unpaired) electrons. The Morgan fingerprint density at radius 1 is 1.09 bits per heavy atom. The number of carbonyl (C=O) groups is 1. The quantitative estimate of drug-likeness (QED) is 0.300. The van der Waals surface area contributed by atoms with Crippen molar-refractivity contribution in [2.45, 2.75) is 30.9 Å². The SMILES string of the molecule is Cc1c(Cl)cccc1NC(=O)C(C)Sc1nnc(COc2ccccc2F)n1-c1ccccc1. The number of nitrogens with zero attached hydrogens (tertiary/aromatic N) is 3. The van der Waals surface area contributed by atoms with E-state index < -0.39 is 11.1 Å². The lowest BCUT2D eigenvalue weighted by Crippen LogP contribution is -2.23. The fraction of sp³-hybridized carbons (Fsp3) is 0.160. The summed E-state index contributed by atoms with van der Waals surface area (Å²) in [6, 6.07) is 21.0. The molecule has 1 amide bonds. The van der Waals surface area contributed by atoms with Crippen molar-refractivity contribution in [1.29, 1.82) is 0 Å². The fourth-order valence-corrected chi connectivity index (χ4v) is 4.26. The van der Waals surface area contributed by atoms with Crippen molar-refractivity contribution >= 4 is 35.0 Å². The lowest BCUT2D eigenvalue weighted by atomic mass is 10.2. The van der Waals surface area contributed by atoms with Gasteiger partial charge in [0.05, 0.1) is 5.25 Å². The molecule has 0 aliphatic carbocycles. The summed E-state index contributed by atoms with van der Waals surface area (Å²) in [4.78, 5) is 12.9. The monoisotopic (exact) mass is 496 g/mol. The van der Waals surface area contributed by atoms with Crippen molar-refractivity contribution < 1.29 is 13.9 Å². The van der Waals surface area contributed by atoms with Crippen molar-refractivity contribution in [2.24, 2.45) is 0 Å². The zero-order valence-electron chi connectivity index (χ0n) is 18.5. The number of carbonyl (C=O) groups excluding carboxylic acids is 1. The number of ether oxygens (including phenoxy) is 1. The van der Waals surface area contributed by atoms with E-state index in [-0.39, 0.29) is 18.3 Å². The Bertz CT molecular complexity index is 1300. The smallest absolute Gasteiger partial charge is 0.237 e. The third kappa shape index (κ3) is 5.40. The van der Waals surface area contributed by atoms with Crippen molar-refractivity contribution in [3.63, 3.8) is 0 Å². The summed E-state index contributed by atoms with van der Waals surface area (Å²) < 4.78 is 21.4. The van der Waals surface area contributed by atoms with E-state index in [4.69, 9.17) is 16.3 Å². The third-order valence-electron chi connectivity index (χ3n) is 5.09. The molecule has 4 aromatic rings. The Morgan fingerprint density at radius 3 is 2.59 bits per heavy atom. The number of benzene rings is 3. The lowest BCUT2D eigenvalue weighted by Gasteiger charge is -2.15. The summed E-state index contributed by atoms with van der Waals surface area (Å²) in [6.45, 7) is 3.65. The molecule has 0 bridgehead atoms. The van der Waals surface area contributed by atoms with Gasteiger partial charge in [-0.3, -0.25) is 9.36 Å². The summed E-state index contributed by atoms with van der Waals surface area (Å²) in [7, 11) is 0. The van der Waals surface area contributed by atoms with Gasteiger partial charge in [-0.25, -0.2) is 4.39 Å². The molecule has 6 nitrogen and oxygen atoms in total. The Kier molecular flexibility index (Phi) is 7.49. The van der Waals surface area contributed by atoms with Crippen LogP contribution in [0, 0.1) is 12.7 Å². The van der Waals surface area contributed by atoms with Crippen LogP contribution in [-0.2, 0) is 11.4 Å². The lowest BCUT2D eigenvalue weighted by molar-refractivity contribution is -0.115. The van der Waals surface area contributed by atoms with Crippen molar-refractivity contribution in [1.82, 2.24) is 14.8 Å². The Morgan fingerprint density at radius 2 is 1.82 bits per heavy atom. The average Bonchev–Trinajstić information content (AvgIpc) is 3.24. The van der Waals surface area contributed by atoms with E-state index in [0.717, 1.165) is 11.3 Å². The van der Waals surface area contributed by atoms with E-state index in [0.29, 0.717) is 21.7 Å². The zero-order valence-corrected chi connectivity index (χ0v) is 20.1. The summed E-state index contributed by atoms with van der Waals surface area (Å²) in [5, 5.41) is 12.1. The molecule has 0 aliphatic heterocycles. The second-order valence-corrected chi connectivity index (χ2v) is 9.17. The standard InChI is InChI=1S/C25H22ClFN4O2S/c1-16-19(26)11-8-13-21(16)28-24(32)17(2)34-25-30-29-23(31(25)18-9-4-3-5-10-18)15-33-22-14-7-6-12-20(22)27/h3-14,17H,15H2,1-2H3,(H,28,32). The van der Waals surface area contributed by atoms with Gasteiger partial charge >= 0.3 is 0 Å². The highest BCUT2D eigenvalue weighted by Crippen LogP contribution is 2.29.